The Morgan fingerprint density at radius 3 is 2.56 bits per heavy atom. The van der Waals surface area contributed by atoms with Gasteiger partial charge < -0.3 is 9.47 Å². The first kappa shape index (κ1) is 15.9. The first-order valence-electron chi connectivity index (χ1n) is 7.92. The Labute approximate surface area is 154 Å². The van der Waals surface area contributed by atoms with E-state index < -0.39 is 5.97 Å². The Balaban J connectivity index is 1.96. The molecule has 0 amide bonds. The van der Waals surface area contributed by atoms with E-state index in [2.05, 4.69) is 40.2 Å². The van der Waals surface area contributed by atoms with Crippen molar-refractivity contribution >= 4 is 32.7 Å². The second-order valence-electron chi connectivity index (χ2n) is 5.85. The molecular formula is C21H15BrO3. The lowest BCUT2D eigenvalue weighted by Gasteiger charge is -2.26. The summed E-state index contributed by atoms with van der Waals surface area (Å²) in [6, 6.07) is 20.2. The molecule has 3 nitrogen and oxygen atoms in total. The molecular weight excluding hydrogens is 380 g/mol. The van der Waals surface area contributed by atoms with Gasteiger partial charge in [-0.05, 0) is 40.6 Å². The van der Waals surface area contributed by atoms with Crippen molar-refractivity contribution in [1.29, 1.82) is 0 Å². The number of carbonyl (C=O) groups is 1. The molecule has 0 N–H and O–H groups in total. The molecule has 0 saturated heterocycles. The fraction of sp³-hybridized carbons (Fsp3) is 0.0952. The van der Waals surface area contributed by atoms with Gasteiger partial charge in [-0.2, -0.15) is 0 Å². The topological polar surface area (TPSA) is 35.5 Å². The molecule has 1 aliphatic heterocycles. The van der Waals surface area contributed by atoms with Crippen LogP contribution in [0, 0.1) is 0 Å². The molecule has 0 bridgehead atoms. The van der Waals surface area contributed by atoms with Crippen LogP contribution in [0.5, 0.6) is 5.75 Å². The Bertz CT molecular complexity index is 990. The van der Waals surface area contributed by atoms with Gasteiger partial charge in [-0.25, -0.2) is 4.79 Å². The van der Waals surface area contributed by atoms with Gasteiger partial charge in [-0.1, -0.05) is 58.4 Å². The minimum absolute atomic E-state index is 0.0861. The second-order valence-corrected chi connectivity index (χ2v) is 6.77. The van der Waals surface area contributed by atoms with Gasteiger partial charge in [-0.15, -0.1) is 0 Å². The highest BCUT2D eigenvalue weighted by atomic mass is 79.9. The summed E-state index contributed by atoms with van der Waals surface area (Å²) in [5.74, 6) is 0.352. The molecule has 0 spiro atoms. The van der Waals surface area contributed by atoms with E-state index in [1.54, 1.807) is 0 Å². The smallest absolute Gasteiger partial charge is 0.373 e. The van der Waals surface area contributed by atoms with Crippen LogP contribution < -0.4 is 4.74 Å². The highest BCUT2D eigenvalue weighted by Gasteiger charge is 2.28. The average molecular weight is 395 g/mol. The fourth-order valence-electron chi connectivity index (χ4n) is 3.22. The lowest BCUT2D eigenvalue weighted by molar-refractivity contribution is -0.138. The Hall–Kier alpha value is -2.59. The number of rotatable bonds is 2. The third-order valence-electron chi connectivity index (χ3n) is 4.40. The Morgan fingerprint density at radius 1 is 1.04 bits per heavy atom. The van der Waals surface area contributed by atoms with Gasteiger partial charge in [0.15, 0.2) is 0 Å². The summed E-state index contributed by atoms with van der Waals surface area (Å²) < 4.78 is 11.7. The molecule has 3 aromatic carbocycles. The molecule has 1 atom stereocenters. The molecule has 1 aliphatic rings. The van der Waals surface area contributed by atoms with Crippen molar-refractivity contribution < 1.29 is 14.3 Å². The Morgan fingerprint density at radius 2 is 1.80 bits per heavy atom. The molecule has 0 saturated carbocycles. The van der Waals surface area contributed by atoms with E-state index in [4.69, 9.17) is 9.47 Å². The van der Waals surface area contributed by atoms with Crippen LogP contribution in [0.25, 0.3) is 10.8 Å². The maximum atomic E-state index is 12.0. The summed E-state index contributed by atoms with van der Waals surface area (Å²) in [6.45, 7) is 0. The highest BCUT2D eigenvalue weighted by Crippen LogP contribution is 2.43. The zero-order chi connectivity index (χ0) is 17.4. The van der Waals surface area contributed by atoms with Crippen LogP contribution in [0.1, 0.15) is 17.0 Å². The number of hydrogen-bond donors (Lipinski definition) is 0. The van der Waals surface area contributed by atoms with E-state index in [9.17, 15) is 4.79 Å². The van der Waals surface area contributed by atoms with Gasteiger partial charge in [0.1, 0.15) is 5.75 Å². The second kappa shape index (κ2) is 6.37. The fourth-order valence-corrected chi connectivity index (χ4v) is 3.48. The molecule has 0 unspecified atom stereocenters. The molecule has 0 aromatic heterocycles. The number of methoxy groups -OCH3 is 1. The number of carbonyl (C=O) groups excluding carboxylic acids is 1. The quantitative estimate of drug-likeness (QED) is 0.561. The summed E-state index contributed by atoms with van der Waals surface area (Å²) in [7, 11) is 1.36. The molecule has 3 aromatic rings. The zero-order valence-corrected chi connectivity index (χ0v) is 15.1. The monoisotopic (exact) mass is 394 g/mol. The third-order valence-corrected chi connectivity index (χ3v) is 4.92. The molecule has 0 radical (unpaired) electrons. The normalized spacial score (nSPS) is 15.9. The predicted octanol–water partition coefficient (Wildman–Crippen LogP) is 5.18. The number of allylic oxidation sites excluding steroid dienone is 1. The number of benzene rings is 3. The summed E-state index contributed by atoms with van der Waals surface area (Å²) in [4.78, 5) is 12.0. The predicted molar refractivity (Wildman–Crippen MR) is 101 cm³/mol. The van der Waals surface area contributed by atoms with Crippen LogP contribution >= 0.6 is 15.9 Å². The van der Waals surface area contributed by atoms with E-state index in [-0.39, 0.29) is 11.7 Å². The lowest BCUT2D eigenvalue weighted by atomic mass is 9.85. The zero-order valence-electron chi connectivity index (χ0n) is 13.5. The van der Waals surface area contributed by atoms with Crippen molar-refractivity contribution in [1.82, 2.24) is 0 Å². The molecule has 1 heterocycles. The summed E-state index contributed by atoms with van der Waals surface area (Å²) in [6.07, 6.45) is 1.84. The first-order chi connectivity index (χ1) is 12.2. The third kappa shape index (κ3) is 2.83. The molecule has 0 aliphatic carbocycles. The summed E-state index contributed by atoms with van der Waals surface area (Å²) in [5, 5.41) is 2.26. The van der Waals surface area contributed by atoms with Gasteiger partial charge in [0.2, 0.25) is 5.76 Å². The van der Waals surface area contributed by atoms with E-state index in [0.29, 0.717) is 5.75 Å². The van der Waals surface area contributed by atoms with Crippen LogP contribution in [0.15, 0.2) is 77.0 Å². The van der Waals surface area contributed by atoms with Crippen molar-refractivity contribution in [2.45, 2.75) is 5.92 Å². The highest BCUT2D eigenvalue weighted by molar-refractivity contribution is 9.10. The Kier molecular flexibility index (Phi) is 4.06. The number of ether oxygens (including phenoxy) is 2. The van der Waals surface area contributed by atoms with Crippen molar-refractivity contribution in [3.63, 3.8) is 0 Å². The van der Waals surface area contributed by atoms with Gasteiger partial charge in [-0.3, -0.25) is 0 Å². The van der Waals surface area contributed by atoms with Gasteiger partial charge in [0, 0.05) is 16.0 Å². The van der Waals surface area contributed by atoms with Crippen molar-refractivity contribution in [3.05, 3.63) is 88.1 Å². The molecule has 0 fully saturated rings. The average Bonchev–Trinajstić information content (AvgIpc) is 2.67. The summed E-state index contributed by atoms with van der Waals surface area (Å²) >= 11 is 3.47. The number of esters is 1. The van der Waals surface area contributed by atoms with E-state index in [0.717, 1.165) is 26.4 Å². The maximum Gasteiger partial charge on any atom is 0.373 e. The van der Waals surface area contributed by atoms with E-state index >= 15 is 0 Å². The van der Waals surface area contributed by atoms with E-state index in [1.165, 1.54) is 7.11 Å². The van der Waals surface area contributed by atoms with Crippen LogP contribution in [0.3, 0.4) is 0 Å². The molecule has 124 valence electrons. The van der Waals surface area contributed by atoms with Crippen LogP contribution in [0.4, 0.5) is 0 Å². The largest absolute Gasteiger partial charge is 0.463 e. The number of fused-ring (bicyclic) bond motifs is 3. The van der Waals surface area contributed by atoms with Crippen molar-refractivity contribution in [2.75, 3.05) is 7.11 Å². The van der Waals surface area contributed by atoms with Crippen LogP contribution in [0.2, 0.25) is 0 Å². The van der Waals surface area contributed by atoms with Crippen molar-refractivity contribution in [3.8, 4) is 5.75 Å². The van der Waals surface area contributed by atoms with Crippen LogP contribution in [-0.2, 0) is 9.53 Å². The SMILES string of the molecule is COC(=O)C1=C[C@@H](c2ccc(Br)cc2)c2c(ccc3ccccc23)O1. The molecule has 25 heavy (non-hydrogen) atoms. The number of hydrogen-bond acceptors (Lipinski definition) is 3. The first-order valence-corrected chi connectivity index (χ1v) is 8.72. The standard InChI is InChI=1S/C21H15BrO3/c1-24-21(23)19-12-17(14-6-9-15(22)10-7-14)20-16-5-3-2-4-13(16)8-11-18(20)25-19/h2-12,17H,1H3/t17-/m0/s1. The van der Waals surface area contributed by atoms with Crippen molar-refractivity contribution in [2.24, 2.45) is 0 Å². The van der Waals surface area contributed by atoms with E-state index in [1.807, 2.05) is 42.5 Å². The molecule has 4 rings (SSSR count). The van der Waals surface area contributed by atoms with Crippen LogP contribution in [-0.4, -0.2) is 13.1 Å². The number of halogens is 1. The van der Waals surface area contributed by atoms with Gasteiger partial charge in [0.25, 0.3) is 0 Å². The summed E-state index contributed by atoms with van der Waals surface area (Å²) in [5.41, 5.74) is 2.15. The molecule has 4 heteroatoms. The minimum Gasteiger partial charge on any atom is -0.463 e. The maximum absolute atomic E-state index is 12.0. The van der Waals surface area contributed by atoms with Gasteiger partial charge >= 0.3 is 5.97 Å². The minimum atomic E-state index is -0.471. The van der Waals surface area contributed by atoms with Gasteiger partial charge in [0.05, 0.1) is 7.11 Å². The lowest BCUT2D eigenvalue weighted by Crippen LogP contribution is -2.18.